The van der Waals surface area contributed by atoms with Crippen molar-refractivity contribution in [2.75, 3.05) is 37.7 Å². The third kappa shape index (κ3) is 4.93. The highest BCUT2D eigenvalue weighted by Gasteiger charge is 2.32. The van der Waals surface area contributed by atoms with Crippen LogP contribution in [0.4, 0.5) is 10.1 Å². The summed E-state index contributed by atoms with van der Waals surface area (Å²) in [6.07, 6.45) is 3.67. The number of nitrogens with one attached hydrogen (secondary N) is 1. The van der Waals surface area contributed by atoms with Crippen molar-refractivity contribution in [2.24, 2.45) is 0 Å². The van der Waals surface area contributed by atoms with Crippen molar-refractivity contribution in [1.29, 1.82) is 0 Å². The van der Waals surface area contributed by atoms with Crippen LogP contribution in [0, 0.1) is 5.82 Å². The van der Waals surface area contributed by atoms with Gasteiger partial charge in [0.25, 0.3) is 11.8 Å². The molecule has 8 nitrogen and oxygen atoms in total. The molecule has 3 aromatic carbocycles. The molecule has 1 saturated heterocycles. The van der Waals surface area contributed by atoms with Gasteiger partial charge in [0.05, 0.1) is 11.3 Å². The minimum absolute atomic E-state index is 0.00721. The van der Waals surface area contributed by atoms with Crippen LogP contribution < -0.4 is 9.62 Å². The van der Waals surface area contributed by atoms with Crippen LogP contribution in [0.1, 0.15) is 45.4 Å². The first kappa shape index (κ1) is 26.9. The Hall–Kier alpha value is -4.31. The fraction of sp³-hybridized carbons (Fsp3) is 0.258. The first-order valence-corrected chi connectivity index (χ1v) is 14.6. The van der Waals surface area contributed by atoms with Gasteiger partial charge < -0.3 is 23.4 Å². The highest BCUT2D eigenvalue weighted by atomic mass is 32.2. The molecule has 1 atom stereocenters. The monoisotopic (exact) mass is 572 g/mol. The van der Waals surface area contributed by atoms with E-state index in [0.717, 1.165) is 24.1 Å². The minimum atomic E-state index is -0.369. The van der Waals surface area contributed by atoms with E-state index in [1.54, 1.807) is 42.1 Å². The number of anilines is 1. The third-order valence-electron chi connectivity index (χ3n) is 7.64. The number of hydrogen-bond donors (Lipinski definition) is 1. The topological polar surface area (TPSA) is 91.8 Å². The maximum absolute atomic E-state index is 13.7. The SMILES string of the molecule is CNC(=O)c1c(-c2ccc(F)cc2)oc2cc(N(C)SC)c(C3CCCN(C(=O)c4nc5ccccc5o4)C3)cc12. The Balaban J connectivity index is 1.42. The molecular weight excluding hydrogens is 543 g/mol. The van der Waals surface area contributed by atoms with Gasteiger partial charge in [-0.05, 0) is 60.9 Å². The average molecular weight is 573 g/mol. The Bertz CT molecular complexity index is 1730. The van der Waals surface area contributed by atoms with Gasteiger partial charge in [0.2, 0.25) is 0 Å². The number of carbonyl (C=O) groups is 2. The molecule has 3 heterocycles. The molecule has 1 aliphatic heterocycles. The van der Waals surface area contributed by atoms with Gasteiger partial charge in [0.1, 0.15) is 22.7 Å². The van der Waals surface area contributed by atoms with E-state index in [9.17, 15) is 14.0 Å². The maximum Gasteiger partial charge on any atom is 0.309 e. The molecule has 1 unspecified atom stereocenters. The summed E-state index contributed by atoms with van der Waals surface area (Å²) in [4.78, 5) is 32.8. The summed E-state index contributed by atoms with van der Waals surface area (Å²) < 4.78 is 27.8. The Morgan fingerprint density at radius 3 is 2.61 bits per heavy atom. The molecule has 5 aromatic rings. The number of furan rings is 1. The van der Waals surface area contributed by atoms with Crippen LogP contribution in [-0.2, 0) is 0 Å². The van der Waals surface area contributed by atoms with Crippen molar-refractivity contribution in [3.05, 3.63) is 83.5 Å². The standard InChI is InChI=1S/C31H29FN4O4S/c1-33-29(37)27-22-15-21(24(35(2)41-3)16-26(22)39-28(27)18-10-12-20(32)13-11-18)19-7-6-14-36(17-19)31(38)30-34-23-8-4-5-9-25(23)40-30/h4-5,8-13,15-16,19H,6-7,14,17H2,1-3H3,(H,33,37). The second-order valence-electron chi connectivity index (χ2n) is 10.1. The second kappa shape index (κ2) is 10.9. The second-order valence-corrected chi connectivity index (χ2v) is 11.0. The minimum Gasteiger partial charge on any atom is -0.455 e. The zero-order valence-corrected chi connectivity index (χ0v) is 23.8. The number of nitrogens with zero attached hydrogens (tertiary/aromatic N) is 3. The van der Waals surface area contributed by atoms with E-state index in [1.165, 1.54) is 12.1 Å². The number of halogens is 1. The number of likely N-dealkylation sites (tertiary alicyclic amines) is 1. The summed E-state index contributed by atoms with van der Waals surface area (Å²) in [7, 11) is 3.55. The zero-order valence-electron chi connectivity index (χ0n) is 22.9. The zero-order chi connectivity index (χ0) is 28.7. The lowest BCUT2D eigenvalue weighted by molar-refractivity contribution is 0.0669. The summed E-state index contributed by atoms with van der Waals surface area (Å²) in [6, 6.07) is 17.2. The number of benzene rings is 3. The first-order chi connectivity index (χ1) is 19.9. The lowest BCUT2D eigenvalue weighted by Gasteiger charge is -2.34. The van der Waals surface area contributed by atoms with E-state index in [2.05, 4.69) is 14.6 Å². The van der Waals surface area contributed by atoms with Crippen molar-refractivity contribution in [3.63, 3.8) is 0 Å². The van der Waals surface area contributed by atoms with Gasteiger partial charge >= 0.3 is 5.91 Å². The Kier molecular flexibility index (Phi) is 7.17. The molecule has 10 heteroatoms. The number of rotatable bonds is 6. The highest BCUT2D eigenvalue weighted by Crippen LogP contribution is 2.42. The number of aromatic nitrogens is 1. The molecule has 1 N–H and O–H groups in total. The number of amides is 2. The van der Waals surface area contributed by atoms with E-state index < -0.39 is 0 Å². The predicted octanol–water partition coefficient (Wildman–Crippen LogP) is 6.47. The normalized spacial score (nSPS) is 15.4. The predicted molar refractivity (Wildman–Crippen MR) is 159 cm³/mol. The fourth-order valence-corrected chi connectivity index (χ4v) is 5.87. The summed E-state index contributed by atoms with van der Waals surface area (Å²) in [5.41, 5.74) is 4.74. The summed E-state index contributed by atoms with van der Waals surface area (Å²) in [6.45, 7) is 1.09. The van der Waals surface area contributed by atoms with Gasteiger partial charge in [-0.25, -0.2) is 9.37 Å². The van der Waals surface area contributed by atoms with E-state index in [0.29, 0.717) is 52.0 Å². The van der Waals surface area contributed by atoms with Crippen molar-refractivity contribution in [3.8, 4) is 11.3 Å². The smallest absolute Gasteiger partial charge is 0.309 e. The quantitative estimate of drug-likeness (QED) is 0.233. The number of para-hydroxylation sites is 2. The Morgan fingerprint density at radius 1 is 1.10 bits per heavy atom. The van der Waals surface area contributed by atoms with Gasteiger partial charge in [0, 0.05) is 56.4 Å². The van der Waals surface area contributed by atoms with Crippen LogP contribution in [0.15, 0.2) is 69.5 Å². The highest BCUT2D eigenvalue weighted by molar-refractivity contribution is 7.99. The van der Waals surface area contributed by atoms with E-state index in [1.807, 2.05) is 43.6 Å². The number of fused-ring (bicyclic) bond motifs is 2. The van der Waals surface area contributed by atoms with Crippen LogP contribution in [0.3, 0.4) is 0 Å². The Morgan fingerprint density at radius 2 is 1.88 bits per heavy atom. The molecular formula is C31H29FN4O4S. The lowest BCUT2D eigenvalue weighted by atomic mass is 9.88. The molecule has 2 aromatic heterocycles. The average Bonchev–Trinajstić information content (AvgIpc) is 3.61. The number of carbonyl (C=O) groups excluding carboxylic acids is 2. The van der Waals surface area contributed by atoms with E-state index in [4.69, 9.17) is 8.83 Å². The van der Waals surface area contributed by atoms with Crippen molar-refractivity contribution >= 4 is 51.5 Å². The van der Waals surface area contributed by atoms with Gasteiger partial charge in [-0.3, -0.25) is 9.59 Å². The van der Waals surface area contributed by atoms with Crippen LogP contribution in [0.25, 0.3) is 33.4 Å². The molecule has 1 fully saturated rings. The molecule has 2 amide bonds. The molecule has 0 aliphatic carbocycles. The molecule has 0 saturated carbocycles. The van der Waals surface area contributed by atoms with Crippen LogP contribution in [0.2, 0.25) is 0 Å². The molecule has 0 bridgehead atoms. The fourth-order valence-electron chi connectivity index (χ4n) is 5.52. The van der Waals surface area contributed by atoms with E-state index >= 15 is 0 Å². The molecule has 0 spiro atoms. The van der Waals surface area contributed by atoms with Crippen molar-refractivity contribution in [2.45, 2.75) is 18.8 Å². The summed E-state index contributed by atoms with van der Waals surface area (Å²) in [5.74, 6) is -0.425. The molecule has 0 radical (unpaired) electrons. The van der Waals surface area contributed by atoms with Crippen LogP contribution in [0.5, 0.6) is 0 Å². The van der Waals surface area contributed by atoms with Crippen molar-refractivity contribution < 1.29 is 22.8 Å². The number of oxazole rings is 1. The number of piperidine rings is 1. The molecule has 210 valence electrons. The van der Waals surface area contributed by atoms with Crippen LogP contribution in [-0.4, -0.2) is 55.1 Å². The summed E-state index contributed by atoms with van der Waals surface area (Å²) in [5, 5.41) is 3.39. The van der Waals surface area contributed by atoms with Gasteiger partial charge in [-0.15, -0.1) is 0 Å². The van der Waals surface area contributed by atoms with Crippen molar-refractivity contribution in [1.82, 2.24) is 15.2 Å². The largest absolute Gasteiger partial charge is 0.455 e. The summed E-state index contributed by atoms with van der Waals surface area (Å²) >= 11 is 1.56. The van der Waals surface area contributed by atoms with Gasteiger partial charge in [0.15, 0.2) is 5.58 Å². The molecule has 6 rings (SSSR count). The van der Waals surface area contributed by atoms with Crippen LogP contribution >= 0.6 is 11.9 Å². The maximum atomic E-state index is 13.7. The van der Waals surface area contributed by atoms with Gasteiger partial charge in [-0.1, -0.05) is 24.1 Å². The lowest BCUT2D eigenvalue weighted by Crippen LogP contribution is -2.39. The number of hydrogen-bond acceptors (Lipinski definition) is 7. The molecule has 41 heavy (non-hydrogen) atoms. The van der Waals surface area contributed by atoms with E-state index in [-0.39, 0.29) is 29.4 Å². The Labute approximate surface area is 240 Å². The first-order valence-electron chi connectivity index (χ1n) is 13.4. The van der Waals surface area contributed by atoms with Gasteiger partial charge in [-0.2, -0.15) is 0 Å². The third-order valence-corrected chi connectivity index (χ3v) is 8.38. The molecule has 1 aliphatic rings.